The fourth-order valence-electron chi connectivity index (χ4n) is 1.65. The summed E-state index contributed by atoms with van der Waals surface area (Å²) in [7, 11) is -1.89. The fraction of sp³-hybridized carbons (Fsp3) is 0.538. The first-order valence-electron chi connectivity index (χ1n) is 6.43. The average molecular weight is 367 g/mol. The zero-order valence-corrected chi connectivity index (χ0v) is 14.3. The van der Waals surface area contributed by atoms with E-state index < -0.39 is 15.8 Å². The lowest BCUT2D eigenvalue weighted by Gasteiger charge is -2.23. The fourth-order valence-corrected chi connectivity index (χ4v) is 3.28. The van der Waals surface area contributed by atoms with Gasteiger partial charge in [-0.2, -0.15) is 0 Å². The molecule has 0 heterocycles. The van der Waals surface area contributed by atoms with Crippen molar-refractivity contribution in [1.82, 2.24) is 9.62 Å². The van der Waals surface area contributed by atoms with Crippen LogP contribution >= 0.6 is 15.9 Å². The molecule has 0 aliphatic heterocycles. The number of hydrogen-bond donors (Lipinski definition) is 1. The molecule has 0 amide bonds. The predicted octanol–water partition coefficient (Wildman–Crippen LogP) is 2.60. The molecule has 0 aliphatic carbocycles. The molecular formula is C13H20BrFN2O2S. The van der Waals surface area contributed by atoms with Gasteiger partial charge >= 0.3 is 0 Å². The lowest BCUT2D eigenvalue weighted by Crippen LogP contribution is -2.37. The molecule has 0 fully saturated rings. The number of sulfonamides is 1. The molecule has 0 aromatic heterocycles. The van der Waals surface area contributed by atoms with E-state index in [1.165, 1.54) is 12.1 Å². The van der Waals surface area contributed by atoms with Gasteiger partial charge in [-0.05, 0) is 38.6 Å². The number of benzene rings is 1. The Balaban J connectivity index is 2.69. The molecular weight excluding hydrogens is 347 g/mol. The van der Waals surface area contributed by atoms with Gasteiger partial charge in [-0.3, -0.25) is 0 Å². The van der Waals surface area contributed by atoms with Crippen molar-refractivity contribution in [1.29, 1.82) is 0 Å². The number of rotatable bonds is 7. The van der Waals surface area contributed by atoms with Gasteiger partial charge in [0.25, 0.3) is 0 Å². The lowest BCUT2D eigenvalue weighted by atomic mass is 10.2. The Morgan fingerprint density at radius 2 is 2.10 bits per heavy atom. The zero-order valence-electron chi connectivity index (χ0n) is 11.9. The van der Waals surface area contributed by atoms with Crippen LogP contribution in [0, 0.1) is 5.82 Å². The third kappa shape index (κ3) is 4.80. The first-order valence-corrected chi connectivity index (χ1v) is 8.70. The minimum Gasteiger partial charge on any atom is -0.302 e. The van der Waals surface area contributed by atoms with Crippen LogP contribution in [0.1, 0.15) is 20.3 Å². The summed E-state index contributed by atoms with van der Waals surface area (Å²) in [6.45, 7) is 4.96. The Morgan fingerprint density at radius 3 is 2.70 bits per heavy atom. The highest BCUT2D eigenvalue weighted by atomic mass is 79.9. The van der Waals surface area contributed by atoms with Crippen LogP contribution in [0.2, 0.25) is 0 Å². The van der Waals surface area contributed by atoms with Gasteiger partial charge < -0.3 is 4.90 Å². The Kier molecular flexibility index (Phi) is 6.57. The van der Waals surface area contributed by atoms with E-state index in [0.29, 0.717) is 17.1 Å². The Bertz CT molecular complexity index is 551. The van der Waals surface area contributed by atoms with E-state index in [1.807, 2.05) is 7.05 Å². The molecule has 0 radical (unpaired) electrons. The van der Waals surface area contributed by atoms with Crippen LogP contribution < -0.4 is 4.72 Å². The van der Waals surface area contributed by atoms with Gasteiger partial charge in [0, 0.05) is 23.6 Å². The van der Waals surface area contributed by atoms with E-state index in [4.69, 9.17) is 0 Å². The summed E-state index contributed by atoms with van der Waals surface area (Å²) in [6.07, 6.45) is 0.990. The minimum absolute atomic E-state index is 0.245. The monoisotopic (exact) mass is 366 g/mol. The normalized spacial score (nSPS) is 13.7. The maximum atomic E-state index is 13.6. The molecule has 1 aromatic carbocycles. The van der Waals surface area contributed by atoms with Gasteiger partial charge in [0.2, 0.25) is 10.0 Å². The molecule has 114 valence electrons. The van der Waals surface area contributed by atoms with E-state index in [-0.39, 0.29) is 11.4 Å². The molecule has 0 saturated carbocycles. The van der Waals surface area contributed by atoms with Crippen molar-refractivity contribution in [3.05, 3.63) is 28.5 Å². The van der Waals surface area contributed by atoms with Gasteiger partial charge in [0.05, 0.1) is 0 Å². The summed E-state index contributed by atoms with van der Waals surface area (Å²) in [4.78, 5) is 1.72. The van der Waals surface area contributed by atoms with Gasteiger partial charge in [0.1, 0.15) is 10.7 Å². The summed E-state index contributed by atoms with van der Waals surface area (Å²) in [5.74, 6) is -0.754. The maximum absolute atomic E-state index is 13.6. The number of nitrogens with zero attached hydrogens (tertiary/aromatic N) is 1. The van der Waals surface area contributed by atoms with Crippen LogP contribution in [-0.4, -0.2) is 39.5 Å². The summed E-state index contributed by atoms with van der Waals surface area (Å²) in [6, 6.07) is 4.23. The third-order valence-corrected chi connectivity index (χ3v) is 5.25. The highest BCUT2D eigenvalue weighted by molar-refractivity contribution is 9.10. The van der Waals surface area contributed by atoms with Crippen LogP contribution in [-0.2, 0) is 10.0 Å². The van der Waals surface area contributed by atoms with Crippen molar-refractivity contribution in [2.45, 2.75) is 31.2 Å². The summed E-state index contributed by atoms with van der Waals surface area (Å²) >= 11 is 3.14. The highest BCUT2D eigenvalue weighted by Gasteiger charge is 2.19. The second kappa shape index (κ2) is 7.49. The van der Waals surface area contributed by atoms with Gasteiger partial charge in [-0.15, -0.1) is 0 Å². The van der Waals surface area contributed by atoms with E-state index in [0.717, 1.165) is 12.5 Å². The molecule has 1 aromatic rings. The summed E-state index contributed by atoms with van der Waals surface area (Å²) in [5.41, 5.74) is 0. The molecule has 1 rings (SSSR count). The number of likely N-dealkylation sites (N-methyl/N-ethyl adjacent to an activating group) is 1. The maximum Gasteiger partial charge on any atom is 0.243 e. The van der Waals surface area contributed by atoms with Crippen LogP contribution in [0.15, 0.2) is 27.6 Å². The second-order valence-corrected chi connectivity index (χ2v) is 7.36. The van der Waals surface area contributed by atoms with Crippen molar-refractivity contribution < 1.29 is 12.8 Å². The van der Waals surface area contributed by atoms with Gasteiger partial charge in [-0.1, -0.05) is 22.9 Å². The van der Waals surface area contributed by atoms with Crippen LogP contribution in [0.4, 0.5) is 4.39 Å². The Morgan fingerprint density at radius 1 is 1.45 bits per heavy atom. The SMILES string of the molecule is CCC(C)N(C)CCNS(=O)(=O)c1cc(Br)ccc1F. The molecule has 20 heavy (non-hydrogen) atoms. The largest absolute Gasteiger partial charge is 0.302 e. The predicted molar refractivity (Wildman–Crippen MR) is 81.7 cm³/mol. The molecule has 1 unspecified atom stereocenters. The minimum atomic E-state index is -3.82. The average Bonchev–Trinajstić information content (AvgIpc) is 2.40. The standard InChI is InChI=1S/C13H20BrFN2O2S/c1-4-10(2)17(3)8-7-16-20(18,19)13-9-11(14)5-6-12(13)15/h5-6,9-10,16H,4,7-8H2,1-3H3. The molecule has 0 bridgehead atoms. The first-order chi connectivity index (χ1) is 9.27. The molecule has 1 N–H and O–H groups in total. The van der Waals surface area contributed by atoms with E-state index in [9.17, 15) is 12.8 Å². The molecule has 0 spiro atoms. The van der Waals surface area contributed by atoms with E-state index >= 15 is 0 Å². The topological polar surface area (TPSA) is 49.4 Å². The third-order valence-electron chi connectivity index (χ3n) is 3.28. The molecule has 7 heteroatoms. The number of nitrogens with one attached hydrogen (secondary N) is 1. The van der Waals surface area contributed by atoms with Crippen molar-refractivity contribution >= 4 is 26.0 Å². The van der Waals surface area contributed by atoms with Crippen molar-refractivity contribution in [2.24, 2.45) is 0 Å². The van der Waals surface area contributed by atoms with Crippen LogP contribution in [0.5, 0.6) is 0 Å². The first kappa shape index (κ1) is 17.6. The lowest BCUT2D eigenvalue weighted by molar-refractivity contribution is 0.256. The molecule has 0 saturated heterocycles. The van der Waals surface area contributed by atoms with E-state index in [2.05, 4.69) is 39.4 Å². The van der Waals surface area contributed by atoms with Crippen molar-refractivity contribution in [3.8, 4) is 0 Å². The van der Waals surface area contributed by atoms with E-state index in [1.54, 1.807) is 0 Å². The van der Waals surface area contributed by atoms with Gasteiger partial charge in [0.15, 0.2) is 0 Å². The molecule has 1 atom stereocenters. The summed E-state index contributed by atoms with van der Waals surface area (Å²) < 4.78 is 40.6. The van der Waals surface area contributed by atoms with Crippen LogP contribution in [0.25, 0.3) is 0 Å². The number of hydrogen-bond acceptors (Lipinski definition) is 3. The number of halogens is 2. The molecule has 4 nitrogen and oxygen atoms in total. The molecule has 0 aliphatic rings. The van der Waals surface area contributed by atoms with Crippen molar-refractivity contribution in [2.75, 3.05) is 20.1 Å². The van der Waals surface area contributed by atoms with Gasteiger partial charge in [-0.25, -0.2) is 17.5 Å². The Labute approximate surface area is 128 Å². The quantitative estimate of drug-likeness (QED) is 0.806. The summed E-state index contributed by atoms with van der Waals surface area (Å²) in [5, 5.41) is 0. The zero-order chi connectivity index (χ0) is 15.3. The Hall–Kier alpha value is -0.500. The smallest absolute Gasteiger partial charge is 0.243 e. The second-order valence-electron chi connectivity index (χ2n) is 4.71. The van der Waals surface area contributed by atoms with Crippen LogP contribution in [0.3, 0.4) is 0 Å². The van der Waals surface area contributed by atoms with Crippen molar-refractivity contribution in [3.63, 3.8) is 0 Å². The highest BCUT2D eigenvalue weighted by Crippen LogP contribution is 2.19.